The van der Waals surface area contributed by atoms with Crippen molar-refractivity contribution >= 4 is 17.7 Å². The number of piperazine rings is 1. The predicted molar refractivity (Wildman–Crippen MR) is 134 cm³/mol. The maximum absolute atomic E-state index is 13.9. The van der Waals surface area contributed by atoms with E-state index in [9.17, 15) is 14.7 Å². The first-order valence-electron chi connectivity index (χ1n) is 11.6. The van der Waals surface area contributed by atoms with Gasteiger partial charge in [0, 0.05) is 49.3 Å². The molecule has 184 valence electrons. The molecule has 1 fully saturated rings. The van der Waals surface area contributed by atoms with E-state index >= 15 is 0 Å². The van der Waals surface area contributed by atoms with Gasteiger partial charge in [0.1, 0.15) is 5.75 Å². The number of carbonyl (C=O) groups excluding carboxylic acids is 1. The van der Waals surface area contributed by atoms with Gasteiger partial charge in [-0.05, 0) is 49.2 Å². The number of nitrogens with zero attached hydrogens (tertiary/aromatic N) is 4. The van der Waals surface area contributed by atoms with Crippen LogP contribution in [-0.2, 0) is 11.3 Å². The van der Waals surface area contributed by atoms with Crippen LogP contribution < -0.4 is 5.56 Å². The molecule has 0 radical (unpaired) electrons. The Kier molecular flexibility index (Phi) is 7.73. The van der Waals surface area contributed by atoms with Crippen LogP contribution in [0, 0.1) is 6.92 Å². The van der Waals surface area contributed by atoms with Crippen LogP contribution in [0.3, 0.4) is 0 Å². The Bertz CT molecular complexity index is 1240. The largest absolute Gasteiger partial charge is 0.507 e. The van der Waals surface area contributed by atoms with Crippen molar-refractivity contribution < 1.29 is 14.6 Å². The fraction of sp³-hybridized carbons (Fsp3) is 0.346. The molecular weight excluding hydrogens is 468 g/mol. The fourth-order valence-electron chi connectivity index (χ4n) is 4.51. The number of halogens is 1. The first-order valence-corrected chi connectivity index (χ1v) is 12.0. The monoisotopic (exact) mass is 496 g/mol. The number of aromatic hydroxyl groups is 1. The number of aryl methyl sites for hydroxylation is 1. The molecule has 1 aromatic carbocycles. The molecule has 3 heterocycles. The molecule has 1 saturated heterocycles. The van der Waals surface area contributed by atoms with Crippen molar-refractivity contribution in [3.63, 3.8) is 0 Å². The van der Waals surface area contributed by atoms with Gasteiger partial charge in [0.2, 0.25) is 0 Å². The van der Waals surface area contributed by atoms with Crippen LogP contribution in [0.15, 0.2) is 59.7 Å². The van der Waals surface area contributed by atoms with Crippen LogP contribution in [0.1, 0.15) is 35.3 Å². The van der Waals surface area contributed by atoms with E-state index < -0.39 is 6.04 Å². The van der Waals surface area contributed by atoms with Crippen LogP contribution in [0.4, 0.5) is 4.79 Å². The van der Waals surface area contributed by atoms with E-state index in [1.807, 2.05) is 30.3 Å². The zero-order valence-electron chi connectivity index (χ0n) is 19.9. The second kappa shape index (κ2) is 10.9. The van der Waals surface area contributed by atoms with Crippen LogP contribution in [0.25, 0.3) is 0 Å². The SMILES string of the molecule is CCOC(=O)N1CCN([C@H](c2cccc(Cl)c2)c2c(O)cc(C)n(Cc3cccnc3)c2=O)CC1. The number of hydrogen-bond donors (Lipinski definition) is 1. The summed E-state index contributed by atoms with van der Waals surface area (Å²) in [6.07, 6.45) is 3.07. The minimum absolute atomic E-state index is 0.0623. The Balaban J connectivity index is 1.75. The molecule has 0 aliphatic carbocycles. The van der Waals surface area contributed by atoms with Crippen LogP contribution in [0.2, 0.25) is 5.02 Å². The van der Waals surface area contributed by atoms with Crippen molar-refractivity contribution in [1.82, 2.24) is 19.4 Å². The third-order valence-corrected chi connectivity index (χ3v) is 6.46. The molecule has 1 N–H and O–H groups in total. The molecule has 1 atom stereocenters. The highest BCUT2D eigenvalue weighted by atomic mass is 35.5. The average molecular weight is 497 g/mol. The molecule has 0 saturated carbocycles. The number of carbonyl (C=O) groups is 1. The maximum Gasteiger partial charge on any atom is 0.409 e. The summed E-state index contributed by atoms with van der Waals surface area (Å²) in [6, 6.07) is 12.1. The van der Waals surface area contributed by atoms with Gasteiger partial charge in [-0.3, -0.25) is 14.7 Å². The lowest BCUT2D eigenvalue weighted by atomic mass is 9.96. The van der Waals surface area contributed by atoms with E-state index in [1.165, 1.54) is 0 Å². The Morgan fingerprint density at radius 2 is 1.94 bits per heavy atom. The van der Waals surface area contributed by atoms with E-state index in [4.69, 9.17) is 16.3 Å². The molecule has 1 aliphatic heterocycles. The van der Waals surface area contributed by atoms with Gasteiger partial charge < -0.3 is 19.3 Å². The first-order chi connectivity index (χ1) is 16.9. The van der Waals surface area contributed by atoms with E-state index in [2.05, 4.69) is 9.88 Å². The number of aromatic nitrogens is 2. The van der Waals surface area contributed by atoms with Crippen molar-refractivity contribution in [2.45, 2.75) is 26.4 Å². The second-order valence-electron chi connectivity index (χ2n) is 8.52. The van der Waals surface area contributed by atoms with Crippen molar-refractivity contribution in [2.24, 2.45) is 0 Å². The Morgan fingerprint density at radius 3 is 2.60 bits per heavy atom. The van der Waals surface area contributed by atoms with Crippen molar-refractivity contribution in [3.05, 3.63) is 92.6 Å². The summed E-state index contributed by atoms with van der Waals surface area (Å²) in [6.45, 7) is 6.14. The van der Waals surface area contributed by atoms with Gasteiger partial charge in [-0.1, -0.05) is 29.8 Å². The van der Waals surface area contributed by atoms with Crippen LogP contribution in [-0.4, -0.2) is 63.3 Å². The van der Waals surface area contributed by atoms with Crippen molar-refractivity contribution in [1.29, 1.82) is 0 Å². The first kappa shape index (κ1) is 24.8. The smallest absolute Gasteiger partial charge is 0.409 e. The zero-order chi connectivity index (χ0) is 24.9. The van der Waals surface area contributed by atoms with E-state index in [1.54, 1.807) is 47.8 Å². The van der Waals surface area contributed by atoms with Gasteiger partial charge in [0.25, 0.3) is 5.56 Å². The molecule has 0 bridgehead atoms. The summed E-state index contributed by atoms with van der Waals surface area (Å²) in [4.78, 5) is 34.0. The summed E-state index contributed by atoms with van der Waals surface area (Å²) >= 11 is 6.32. The number of pyridine rings is 2. The molecule has 1 amide bonds. The van der Waals surface area contributed by atoms with E-state index in [0.717, 1.165) is 11.1 Å². The summed E-state index contributed by atoms with van der Waals surface area (Å²) in [5, 5.41) is 11.6. The lowest BCUT2D eigenvalue weighted by Gasteiger charge is -2.39. The minimum Gasteiger partial charge on any atom is -0.507 e. The van der Waals surface area contributed by atoms with Gasteiger partial charge in [0.15, 0.2) is 0 Å². The average Bonchev–Trinajstić information content (AvgIpc) is 2.85. The molecule has 3 aromatic rings. The molecule has 35 heavy (non-hydrogen) atoms. The van der Waals surface area contributed by atoms with Gasteiger partial charge in [-0.2, -0.15) is 0 Å². The van der Waals surface area contributed by atoms with Crippen molar-refractivity contribution in [3.8, 4) is 5.75 Å². The summed E-state index contributed by atoms with van der Waals surface area (Å²) in [5.74, 6) is -0.0623. The molecule has 4 rings (SSSR count). The van der Waals surface area contributed by atoms with Gasteiger partial charge in [0.05, 0.1) is 24.8 Å². The van der Waals surface area contributed by atoms with Crippen LogP contribution in [0.5, 0.6) is 5.75 Å². The highest BCUT2D eigenvalue weighted by Gasteiger charge is 2.33. The molecule has 0 unspecified atom stereocenters. The number of ether oxygens (including phenoxy) is 1. The number of amides is 1. The summed E-state index contributed by atoms with van der Waals surface area (Å²) in [7, 11) is 0. The second-order valence-corrected chi connectivity index (χ2v) is 8.95. The molecule has 8 nitrogen and oxygen atoms in total. The number of hydrogen-bond acceptors (Lipinski definition) is 6. The maximum atomic E-state index is 13.9. The lowest BCUT2D eigenvalue weighted by Crippen LogP contribution is -2.50. The molecule has 2 aromatic heterocycles. The quantitative estimate of drug-likeness (QED) is 0.558. The van der Waals surface area contributed by atoms with Gasteiger partial charge in [-0.25, -0.2) is 4.79 Å². The highest BCUT2D eigenvalue weighted by molar-refractivity contribution is 6.30. The molecule has 0 spiro atoms. The minimum atomic E-state index is -0.536. The Morgan fingerprint density at radius 1 is 1.17 bits per heavy atom. The highest BCUT2D eigenvalue weighted by Crippen LogP contribution is 2.34. The standard InChI is InChI=1S/C26H29ClN4O4/c1-3-35-26(34)30-12-10-29(11-13-30)24(20-7-4-8-21(27)15-20)23-22(32)14-18(2)31(25(23)33)17-19-6-5-9-28-16-19/h4-9,14-16,24,32H,3,10-13,17H2,1-2H3/t24-/m1/s1. The zero-order valence-corrected chi connectivity index (χ0v) is 20.6. The normalized spacial score (nSPS) is 15.1. The predicted octanol–water partition coefficient (Wildman–Crippen LogP) is 3.82. The van der Waals surface area contributed by atoms with E-state index in [-0.39, 0.29) is 23.0 Å². The Labute approximate surface area is 209 Å². The number of rotatable bonds is 6. The lowest BCUT2D eigenvalue weighted by molar-refractivity contribution is 0.0709. The fourth-order valence-corrected chi connectivity index (χ4v) is 4.71. The Hall–Kier alpha value is -3.36. The van der Waals surface area contributed by atoms with Gasteiger partial charge >= 0.3 is 6.09 Å². The third kappa shape index (κ3) is 5.49. The summed E-state index contributed by atoms with van der Waals surface area (Å²) < 4.78 is 6.79. The van der Waals surface area contributed by atoms with Crippen LogP contribution >= 0.6 is 11.6 Å². The molecule has 9 heteroatoms. The summed E-state index contributed by atoms with van der Waals surface area (Å²) in [5.41, 5.74) is 2.34. The molecule has 1 aliphatic rings. The topological polar surface area (TPSA) is 87.9 Å². The van der Waals surface area contributed by atoms with Crippen molar-refractivity contribution in [2.75, 3.05) is 32.8 Å². The third-order valence-electron chi connectivity index (χ3n) is 6.23. The number of benzene rings is 1. The van der Waals surface area contributed by atoms with Gasteiger partial charge in [-0.15, -0.1) is 0 Å². The van der Waals surface area contributed by atoms with E-state index in [0.29, 0.717) is 50.0 Å². The molecular formula is C26H29ClN4O4.